The Labute approximate surface area is 231 Å². The number of anilines is 1. The molecule has 7 heteroatoms. The van der Waals surface area contributed by atoms with E-state index in [2.05, 4.69) is 21.5 Å². The fourth-order valence-electron chi connectivity index (χ4n) is 5.30. The molecule has 40 heavy (non-hydrogen) atoms. The molecule has 0 bridgehead atoms. The molecule has 0 aliphatic carbocycles. The monoisotopic (exact) mass is 542 g/mol. The molecular formula is C33H30F2NO4+. The third-order valence-corrected chi connectivity index (χ3v) is 6.81. The van der Waals surface area contributed by atoms with Crippen molar-refractivity contribution in [1.82, 2.24) is 0 Å². The molecule has 0 unspecified atom stereocenters. The number of aryl methyl sites for hydroxylation is 3. The zero-order valence-electron chi connectivity index (χ0n) is 23.1. The molecule has 0 aliphatic heterocycles. The van der Waals surface area contributed by atoms with Gasteiger partial charge in [0.1, 0.15) is 11.6 Å². The molecule has 1 N–H and O–H groups in total. The van der Waals surface area contributed by atoms with Crippen LogP contribution in [0.25, 0.3) is 38.8 Å². The fraction of sp³-hybridized carbons (Fsp3) is 0.212. The second-order valence-electron chi connectivity index (χ2n) is 10.1. The number of carbonyl (C=O) groups is 2. The first-order valence-electron chi connectivity index (χ1n) is 13.1. The second-order valence-corrected chi connectivity index (χ2v) is 10.1. The van der Waals surface area contributed by atoms with Crippen molar-refractivity contribution >= 4 is 39.5 Å². The summed E-state index contributed by atoms with van der Waals surface area (Å²) < 4.78 is 37.1. The Kier molecular flexibility index (Phi) is 7.15. The predicted molar refractivity (Wildman–Crippen MR) is 154 cm³/mol. The second kappa shape index (κ2) is 10.6. The van der Waals surface area contributed by atoms with Gasteiger partial charge in [-0.1, -0.05) is 6.92 Å². The molecule has 4 aromatic carbocycles. The van der Waals surface area contributed by atoms with Crippen molar-refractivity contribution in [2.75, 3.05) is 11.9 Å². The van der Waals surface area contributed by atoms with E-state index < -0.39 is 17.6 Å². The van der Waals surface area contributed by atoms with Gasteiger partial charge in [0.2, 0.25) is 5.91 Å². The molecule has 0 saturated heterocycles. The lowest BCUT2D eigenvalue weighted by molar-refractivity contribution is -0.114. The standard InChI is InChI=1S/C33H29F2NO4/c1-6-11-39-33(38)28-15-22(25-9-8-23(34)16-29(25)35)7-10-30(28)40-31-19(3)12-18(2)13-26(31)27-17-24(36-21(5)37)14-20(4)32(27)40/h7-10,12-17H,6,11H2,1-5H3/p+1. The van der Waals surface area contributed by atoms with Crippen molar-refractivity contribution in [1.29, 1.82) is 0 Å². The number of hydrogen-bond acceptors (Lipinski definition) is 3. The van der Waals surface area contributed by atoms with Crippen LogP contribution in [-0.2, 0) is 9.53 Å². The average molecular weight is 543 g/mol. The van der Waals surface area contributed by atoms with Gasteiger partial charge in [-0.2, -0.15) is 0 Å². The van der Waals surface area contributed by atoms with Crippen LogP contribution in [-0.4, -0.2) is 18.5 Å². The molecule has 0 fully saturated rings. The highest BCUT2D eigenvalue weighted by Crippen LogP contribution is 2.45. The molecule has 5 nitrogen and oxygen atoms in total. The van der Waals surface area contributed by atoms with Crippen LogP contribution in [0.15, 0.2) is 64.7 Å². The normalized spacial score (nSPS) is 11.3. The number of nitrogens with one attached hydrogen (secondary N) is 1. The number of halogens is 2. The lowest BCUT2D eigenvalue weighted by Crippen LogP contribution is -2.08. The van der Waals surface area contributed by atoms with Gasteiger partial charge in [-0.05, 0) is 86.8 Å². The summed E-state index contributed by atoms with van der Waals surface area (Å²) in [5.41, 5.74) is 6.01. The van der Waals surface area contributed by atoms with Crippen LogP contribution in [0.5, 0.6) is 0 Å². The number of esters is 1. The molecule has 0 aliphatic rings. The Morgan fingerprint density at radius 2 is 1.57 bits per heavy atom. The summed E-state index contributed by atoms with van der Waals surface area (Å²) in [7, 11) is 0. The van der Waals surface area contributed by atoms with Crippen LogP contribution < -0.4 is 5.32 Å². The van der Waals surface area contributed by atoms with Crippen LogP contribution >= 0.6 is 0 Å². The quantitative estimate of drug-likeness (QED) is 0.173. The first kappa shape index (κ1) is 27.1. The number of furan rings is 1. The highest BCUT2D eigenvalue weighted by molar-refractivity contribution is 6.10. The Balaban J connectivity index is 1.86. The number of benzene rings is 4. The smallest absolute Gasteiger partial charge is 0.347 e. The third-order valence-electron chi connectivity index (χ3n) is 6.81. The van der Waals surface area contributed by atoms with Crippen LogP contribution in [0, 0.1) is 32.4 Å². The van der Waals surface area contributed by atoms with Gasteiger partial charge < -0.3 is 14.1 Å². The zero-order chi connectivity index (χ0) is 28.7. The molecule has 204 valence electrons. The minimum Gasteiger partial charge on any atom is -0.497 e. The van der Waals surface area contributed by atoms with Crippen LogP contribution in [0.1, 0.15) is 47.3 Å². The maximum Gasteiger partial charge on any atom is 0.347 e. The molecule has 0 radical (unpaired) electrons. The highest BCUT2D eigenvalue weighted by atomic mass is 19.1. The largest absolute Gasteiger partial charge is 0.497 e. The third kappa shape index (κ3) is 4.83. The number of rotatable bonds is 6. The van der Waals surface area contributed by atoms with E-state index in [1.165, 1.54) is 19.1 Å². The summed E-state index contributed by atoms with van der Waals surface area (Å²) in [5, 5.41) is 4.70. The lowest BCUT2D eigenvalue weighted by Gasteiger charge is -2.14. The Morgan fingerprint density at radius 1 is 0.875 bits per heavy atom. The van der Waals surface area contributed by atoms with Crippen molar-refractivity contribution in [3.63, 3.8) is 0 Å². The minimum absolute atomic E-state index is 0.174. The lowest BCUT2D eigenvalue weighted by atomic mass is 10.0. The zero-order valence-corrected chi connectivity index (χ0v) is 23.1. The Morgan fingerprint density at radius 3 is 2.25 bits per heavy atom. The summed E-state index contributed by atoms with van der Waals surface area (Å²) in [6.45, 7) is 9.55. The first-order chi connectivity index (χ1) is 19.1. The van der Waals surface area contributed by atoms with E-state index in [-0.39, 0.29) is 23.6 Å². The molecule has 1 amide bonds. The van der Waals surface area contributed by atoms with E-state index in [0.717, 1.165) is 44.7 Å². The Hall–Kier alpha value is -4.52. The number of amides is 1. The number of hydrogen-bond donors (Lipinski definition) is 1. The van der Waals surface area contributed by atoms with Gasteiger partial charge in [0, 0.05) is 41.4 Å². The van der Waals surface area contributed by atoms with Crippen molar-refractivity contribution in [3.05, 3.63) is 94.6 Å². The van der Waals surface area contributed by atoms with Gasteiger partial charge >= 0.3 is 5.97 Å². The summed E-state index contributed by atoms with van der Waals surface area (Å²) >= 11 is 0. The predicted octanol–water partition coefficient (Wildman–Crippen LogP) is 8.66. The molecule has 0 saturated carbocycles. The SMILES string of the molecule is CCCOC(=O)c1cc(-c2ccc(F)cc2F)ccc1-[o+]1c2c(C)cc(C)cc2c2cc(NC(C)=O)cc(C)c21. The summed E-state index contributed by atoms with van der Waals surface area (Å²) in [6, 6.07) is 16.3. The Bertz CT molecular complexity index is 1820. The van der Waals surface area contributed by atoms with E-state index in [1.54, 1.807) is 18.2 Å². The van der Waals surface area contributed by atoms with Crippen molar-refractivity contribution in [2.45, 2.75) is 41.0 Å². The summed E-state index contributed by atoms with van der Waals surface area (Å²) in [4.78, 5) is 25.3. The fourth-order valence-corrected chi connectivity index (χ4v) is 5.30. The van der Waals surface area contributed by atoms with Crippen LogP contribution in [0.3, 0.4) is 0 Å². The molecule has 1 aromatic heterocycles. The number of carbonyl (C=O) groups excluding carboxylic acids is 2. The van der Waals surface area contributed by atoms with Crippen molar-refractivity contribution in [2.24, 2.45) is 0 Å². The molecule has 0 spiro atoms. The maximum atomic E-state index is 14.7. The van der Waals surface area contributed by atoms with Gasteiger partial charge in [0.25, 0.3) is 16.9 Å². The number of ether oxygens (including phenoxy) is 1. The van der Waals surface area contributed by atoms with E-state index >= 15 is 0 Å². The van der Waals surface area contributed by atoms with Gasteiger partial charge in [-0.3, -0.25) is 4.79 Å². The average Bonchev–Trinajstić information content (AvgIpc) is 3.21. The van der Waals surface area contributed by atoms with Crippen LogP contribution in [0.2, 0.25) is 0 Å². The topological polar surface area (TPSA) is 58.1 Å². The summed E-state index contributed by atoms with van der Waals surface area (Å²) in [5.74, 6) is -1.64. The highest BCUT2D eigenvalue weighted by Gasteiger charge is 2.30. The molecular weight excluding hydrogens is 512 g/mol. The molecule has 1 heterocycles. The molecule has 0 atom stereocenters. The van der Waals surface area contributed by atoms with E-state index in [1.807, 2.05) is 39.8 Å². The van der Waals surface area contributed by atoms with E-state index in [0.29, 0.717) is 23.4 Å². The first-order valence-corrected chi connectivity index (χ1v) is 13.1. The molecule has 5 rings (SSSR count). The van der Waals surface area contributed by atoms with Crippen molar-refractivity contribution in [3.8, 4) is 16.9 Å². The van der Waals surface area contributed by atoms with Gasteiger partial charge in [0.05, 0.1) is 17.4 Å². The van der Waals surface area contributed by atoms with E-state index in [9.17, 15) is 18.4 Å². The number of fused-ring (bicyclic) bond motifs is 3. The summed E-state index contributed by atoms with van der Waals surface area (Å²) in [6.07, 6.45) is 0.638. The van der Waals surface area contributed by atoms with Crippen molar-refractivity contribution < 1.29 is 27.2 Å². The van der Waals surface area contributed by atoms with Gasteiger partial charge in [-0.15, -0.1) is 0 Å². The van der Waals surface area contributed by atoms with Gasteiger partial charge in [-0.25, -0.2) is 13.6 Å². The van der Waals surface area contributed by atoms with E-state index in [4.69, 9.17) is 4.74 Å². The van der Waals surface area contributed by atoms with Gasteiger partial charge in [0.15, 0.2) is 5.56 Å². The van der Waals surface area contributed by atoms with Crippen LogP contribution in [0.4, 0.5) is 14.5 Å². The maximum absolute atomic E-state index is 14.7. The minimum atomic E-state index is -0.724. The molecule has 5 aromatic rings.